The molecule has 2 rings (SSSR count). The number of ether oxygens (including phenoxy) is 1. The lowest BCUT2D eigenvalue weighted by molar-refractivity contribution is -0.127. The SMILES string of the molecule is C[C@H](Oc1ccccc1)C(=O)NCc1ccccc1Cl. The van der Waals surface area contributed by atoms with Gasteiger partial charge in [0.15, 0.2) is 6.10 Å². The number of hydrogen-bond donors (Lipinski definition) is 1. The monoisotopic (exact) mass is 289 g/mol. The summed E-state index contributed by atoms with van der Waals surface area (Å²) in [5.41, 5.74) is 0.884. The highest BCUT2D eigenvalue weighted by Gasteiger charge is 2.14. The Morgan fingerprint density at radius 1 is 1.15 bits per heavy atom. The molecule has 2 aromatic rings. The lowest BCUT2D eigenvalue weighted by atomic mass is 10.2. The molecule has 0 aliphatic heterocycles. The third-order valence-corrected chi connectivity index (χ3v) is 3.20. The first kappa shape index (κ1) is 14.4. The zero-order chi connectivity index (χ0) is 14.4. The number of hydrogen-bond acceptors (Lipinski definition) is 2. The smallest absolute Gasteiger partial charge is 0.261 e. The van der Waals surface area contributed by atoms with E-state index in [9.17, 15) is 4.79 Å². The molecule has 20 heavy (non-hydrogen) atoms. The van der Waals surface area contributed by atoms with Crippen molar-refractivity contribution in [2.75, 3.05) is 0 Å². The average molecular weight is 290 g/mol. The quantitative estimate of drug-likeness (QED) is 0.916. The van der Waals surface area contributed by atoms with Crippen LogP contribution >= 0.6 is 11.6 Å². The van der Waals surface area contributed by atoms with Crippen molar-refractivity contribution in [2.45, 2.75) is 19.6 Å². The van der Waals surface area contributed by atoms with Crippen molar-refractivity contribution < 1.29 is 9.53 Å². The van der Waals surface area contributed by atoms with Gasteiger partial charge in [-0.15, -0.1) is 0 Å². The van der Waals surface area contributed by atoms with Gasteiger partial charge in [0, 0.05) is 11.6 Å². The summed E-state index contributed by atoms with van der Waals surface area (Å²) in [6, 6.07) is 16.7. The third kappa shape index (κ3) is 4.00. The van der Waals surface area contributed by atoms with Gasteiger partial charge >= 0.3 is 0 Å². The van der Waals surface area contributed by atoms with Crippen LogP contribution in [0.1, 0.15) is 12.5 Å². The molecule has 1 amide bonds. The van der Waals surface area contributed by atoms with Crippen molar-refractivity contribution in [1.29, 1.82) is 0 Å². The summed E-state index contributed by atoms with van der Waals surface area (Å²) in [4.78, 5) is 12.0. The van der Waals surface area contributed by atoms with Crippen molar-refractivity contribution in [3.8, 4) is 5.75 Å². The Morgan fingerprint density at radius 2 is 1.80 bits per heavy atom. The second-order valence-electron chi connectivity index (χ2n) is 4.38. The molecule has 0 spiro atoms. The van der Waals surface area contributed by atoms with E-state index in [1.54, 1.807) is 13.0 Å². The molecule has 0 aliphatic rings. The van der Waals surface area contributed by atoms with Crippen molar-refractivity contribution >= 4 is 17.5 Å². The largest absolute Gasteiger partial charge is 0.481 e. The fourth-order valence-electron chi connectivity index (χ4n) is 1.72. The average Bonchev–Trinajstić information content (AvgIpc) is 2.47. The summed E-state index contributed by atoms with van der Waals surface area (Å²) in [5, 5.41) is 3.45. The van der Waals surface area contributed by atoms with Gasteiger partial charge in [-0.1, -0.05) is 48.0 Å². The summed E-state index contributed by atoms with van der Waals surface area (Å²) in [5.74, 6) is 0.502. The fraction of sp³-hybridized carbons (Fsp3) is 0.188. The van der Waals surface area contributed by atoms with Crippen molar-refractivity contribution in [1.82, 2.24) is 5.32 Å². The number of rotatable bonds is 5. The molecule has 3 nitrogen and oxygen atoms in total. The van der Waals surface area contributed by atoms with Gasteiger partial charge in [-0.05, 0) is 30.7 Å². The Balaban J connectivity index is 1.87. The molecule has 0 saturated heterocycles. The molecule has 0 aliphatic carbocycles. The zero-order valence-corrected chi connectivity index (χ0v) is 11.9. The van der Waals surface area contributed by atoms with Crippen molar-refractivity contribution in [2.24, 2.45) is 0 Å². The molecule has 0 bridgehead atoms. The maximum Gasteiger partial charge on any atom is 0.261 e. The van der Waals surface area contributed by atoms with Crippen LogP contribution in [-0.4, -0.2) is 12.0 Å². The van der Waals surface area contributed by atoms with E-state index in [2.05, 4.69) is 5.32 Å². The molecule has 0 fully saturated rings. The standard InChI is InChI=1S/C16H16ClNO2/c1-12(20-14-8-3-2-4-9-14)16(19)18-11-13-7-5-6-10-15(13)17/h2-10,12H,11H2,1H3,(H,18,19)/t12-/m0/s1. The lowest BCUT2D eigenvalue weighted by Gasteiger charge is -2.15. The number of carbonyl (C=O) groups is 1. The maximum absolute atomic E-state index is 12.0. The number of carbonyl (C=O) groups excluding carboxylic acids is 1. The Kier molecular flexibility index (Phi) is 5.02. The Labute approximate surface area is 123 Å². The molecule has 0 radical (unpaired) electrons. The number of benzene rings is 2. The molecule has 1 N–H and O–H groups in total. The van der Waals surface area contributed by atoms with Gasteiger partial charge in [0.2, 0.25) is 0 Å². The number of amides is 1. The minimum atomic E-state index is -0.556. The van der Waals surface area contributed by atoms with E-state index in [1.165, 1.54) is 0 Å². The third-order valence-electron chi connectivity index (χ3n) is 2.84. The van der Waals surface area contributed by atoms with Gasteiger partial charge in [-0.2, -0.15) is 0 Å². The van der Waals surface area contributed by atoms with E-state index in [0.717, 1.165) is 5.56 Å². The molecular formula is C16H16ClNO2. The van der Waals surface area contributed by atoms with Crippen LogP contribution in [0.3, 0.4) is 0 Å². The lowest BCUT2D eigenvalue weighted by Crippen LogP contribution is -2.35. The van der Waals surface area contributed by atoms with Gasteiger partial charge in [-0.3, -0.25) is 4.79 Å². The summed E-state index contributed by atoms with van der Waals surface area (Å²) >= 11 is 6.03. The molecule has 0 aromatic heterocycles. The van der Waals surface area contributed by atoms with Crippen LogP contribution in [0.25, 0.3) is 0 Å². The van der Waals surface area contributed by atoms with Gasteiger partial charge in [0.05, 0.1) is 0 Å². The zero-order valence-electron chi connectivity index (χ0n) is 11.2. The van der Waals surface area contributed by atoms with Crippen LogP contribution in [0.15, 0.2) is 54.6 Å². The van der Waals surface area contributed by atoms with E-state index < -0.39 is 6.10 Å². The minimum absolute atomic E-state index is 0.172. The van der Waals surface area contributed by atoms with E-state index >= 15 is 0 Å². The highest BCUT2D eigenvalue weighted by molar-refractivity contribution is 6.31. The second kappa shape index (κ2) is 6.96. The van der Waals surface area contributed by atoms with E-state index in [4.69, 9.17) is 16.3 Å². The highest BCUT2D eigenvalue weighted by Crippen LogP contribution is 2.15. The molecule has 0 saturated carbocycles. The second-order valence-corrected chi connectivity index (χ2v) is 4.79. The number of halogens is 1. The number of nitrogens with one attached hydrogen (secondary N) is 1. The molecule has 0 unspecified atom stereocenters. The van der Waals surface area contributed by atoms with Crippen molar-refractivity contribution in [3.05, 3.63) is 65.2 Å². The molecular weight excluding hydrogens is 274 g/mol. The van der Waals surface area contributed by atoms with Crippen LogP contribution in [0, 0.1) is 0 Å². The minimum Gasteiger partial charge on any atom is -0.481 e. The van der Waals surface area contributed by atoms with Crippen LogP contribution in [0.5, 0.6) is 5.75 Å². The van der Waals surface area contributed by atoms with Gasteiger partial charge in [0.1, 0.15) is 5.75 Å². The van der Waals surface area contributed by atoms with Crippen LogP contribution in [0.2, 0.25) is 5.02 Å². The topological polar surface area (TPSA) is 38.3 Å². The number of para-hydroxylation sites is 1. The summed E-state index contributed by atoms with van der Waals surface area (Å²) in [6.07, 6.45) is -0.556. The molecule has 4 heteroatoms. The predicted molar refractivity (Wildman–Crippen MR) is 79.8 cm³/mol. The van der Waals surface area contributed by atoms with Crippen molar-refractivity contribution in [3.63, 3.8) is 0 Å². The summed E-state index contributed by atoms with van der Waals surface area (Å²) in [7, 11) is 0. The normalized spacial score (nSPS) is 11.7. The van der Waals surface area contributed by atoms with Crippen LogP contribution in [-0.2, 0) is 11.3 Å². The van der Waals surface area contributed by atoms with E-state index in [0.29, 0.717) is 17.3 Å². The Bertz CT molecular complexity index is 572. The first-order chi connectivity index (χ1) is 9.66. The highest BCUT2D eigenvalue weighted by atomic mass is 35.5. The molecule has 0 heterocycles. The predicted octanol–water partition coefficient (Wildman–Crippen LogP) is 3.42. The maximum atomic E-state index is 12.0. The first-order valence-corrected chi connectivity index (χ1v) is 6.77. The van der Waals surface area contributed by atoms with Crippen LogP contribution in [0.4, 0.5) is 0 Å². The Hall–Kier alpha value is -2.00. The van der Waals surface area contributed by atoms with Gasteiger partial charge in [0.25, 0.3) is 5.91 Å². The fourth-order valence-corrected chi connectivity index (χ4v) is 1.93. The summed E-state index contributed by atoms with van der Waals surface area (Å²) in [6.45, 7) is 2.11. The van der Waals surface area contributed by atoms with E-state index in [1.807, 2.05) is 48.5 Å². The van der Waals surface area contributed by atoms with E-state index in [-0.39, 0.29) is 5.91 Å². The molecule has 104 valence electrons. The first-order valence-electron chi connectivity index (χ1n) is 6.39. The molecule has 2 aromatic carbocycles. The van der Waals surface area contributed by atoms with Gasteiger partial charge < -0.3 is 10.1 Å². The summed E-state index contributed by atoms with van der Waals surface area (Å²) < 4.78 is 5.55. The van der Waals surface area contributed by atoms with Crippen LogP contribution < -0.4 is 10.1 Å². The van der Waals surface area contributed by atoms with Gasteiger partial charge in [-0.25, -0.2) is 0 Å². The molecule has 1 atom stereocenters. The Morgan fingerprint density at radius 3 is 2.50 bits per heavy atom.